The first-order valence-electron chi connectivity index (χ1n) is 6.97. The number of hydrogen-bond acceptors (Lipinski definition) is 2. The molecule has 2 aromatic carbocycles. The lowest BCUT2D eigenvalue weighted by molar-refractivity contribution is 0.466. The fourth-order valence-electron chi connectivity index (χ4n) is 2.08. The van der Waals surface area contributed by atoms with E-state index in [0.717, 1.165) is 34.2 Å². The van der Waals surface area contributed by atoms with Crippen LogP contribution >= 0.6 is 15.9 Å². The van der Waals surface area contributed by atoms with Crippen LogP contribution in [-0.4, -0.2) is 6.04 Å². The molecule has 112 valence electrons. The maximum absolute atomic E-state index is 13.2. The van der Waals surface area contributed by atoms with Crippen molar-refractivity contribution in [2.45, 2.75) is 32.7 Å². The molecule has 0 fully saturated rings. The summed E-state index contributed by atoms with van der Waals surface area (Å²) in [6, 6.07) is 10.5. The zero-order valence-electron chi connectivity index (χ0n) is 12.2. The number of rotatable bonds is 5. The second-order valence-corrected chi connectivity index (χ2v) is 6.05. The minimum Gasteiger partial charge on any atom is -0.457 e. The molecule has 2 rings (SSSR count). The molecule has 0 bridgehead atoms. The molecule has 2 nitrogen and oxygen atoms in total. The Hall–Kier alpha value is -1.39. The Labute approximate surface area is 133 Å². The Bertz CT molecular complexity index is 630. The molecule has 2 N–H and O–H groups in total. The summed E-state index contributed by atoms with van der Waals surface area (Å²) in [6.07, 6.45) is 1.65. The van der Waals surface area contributed by atoms with Gasteiger partial charge in [0, 0.05) is 10.5 Å². The number of hydrogen-bond donors (Lipinski definition) is 1. The summed E-state index contributed by atoms with van der Waals surface area (Å²) in [5.41, 5.74) is 7.86. The lowest BCUT2D eigenvalue weighted by Gasteiger charge is -2.16. The lowest BCUT2D eigenvalue weighted by atomic mass is 10.0. The van der Waals surface area contributed by atoms with Gasteiger partial charge >= 0.3 is 0 Å². The zero-order chi connectivity index (χ0) is 15.4. The molecule has 0 aliphatic carbocycles. The molecule has 0 radical (unpaired) electrons. The van der Waals surface area contributed by atoms with Crippen molar-refractivity contribution in [3.8, 4) is 11.5 Å². The molecule has 2 aromatic rings. The van der Waals surface area contributed by atoms with Crippen LogP contribution in [-0.2, 0) is 6.42 Å². The summed E-state index contributed by atoms with van der Waals surface area (Å²) in [7, 11) is 0. The molecule has 1 atom stereocenters. The highest BCUT2D eigenvalue weighted by Gasteiger charge is 2.11. The molecule has 4 heteroatoms. The van der Waals surface area contributed by atoms with E-state index in [0.29, 0.717) is 5.75 Å². The van der Waals surface area contributed by atoms with Crippen LogP contribution in [0.2, 0.25) is 0 Å². The van der Waals surface area contributed by atoms with E-state index in [-0.39, 0.29) is 11.9 Å². The fourth-order valence-corrected chi connectivity index (χ4v) is 2.49. The van der Waals surface area contributed by atoms with Gasteiger partial charge < -0.3 is 10.5 Å². The van der Waals surface area contributed by atoms with E-state index in [1.165, 1.54) is 12.1 Å². The molecule has 0 spiro atoms. The first-order chi connectivity index (χ1) is 9.99. The van der Waals surface area contributed by atoms with Crippen LogP contribution in [0, 0.1) is 12.7 Å². The van der Waals surface area contributed by atoms with Gasteiger partial charge in [-0.25, -0.2) is 4.39 Å². The van der Waals surface area contributed by atoms with Gasteiger partial charge in [-0.2, -0.15) is 0 Å². The number of nitrogens with two attached hydrogens (primary N) is 1. The molecular weight excluding hydrogens is 333 g/mol. The number of ether oxygens (including phenoxy) is 1. The summed E-state index contributed by atoms with van der Waals surface area (Å²) in [6.45, 7) is 3.89. The van der Waals surface area contributed by atoms with Crippen molar-refractivity contribution in [1.82, 2.24) is 0 Å². The van der Waals surface area contributed by atoms with Gasteiger partial charge in [0.15, 0.2) is 0 Å². The monoisotopic (exact) mass is 351 g/mol. The van der Waals surface area contributed by atoms with Crippen molar-refractivity contribution >= 4 is 15.9 Å². The van der Waals surface area contributed by atoms with Crippen molar-refractivity contribution in [3.63, 3.8) is 0 Å². The highest BCUT2D eigenvalue weighted by Crippen LogP contribution is 2.31. The Morgan fingerprint density at radius 3 is 2.57 bits per heavy atom. The van der Waals surface area contributed by atoms with Crippen LogP contribution in [0.15, 0.2) is 40.9 Å². The molecule has 21 heavy (non-hydrogen) atoms. The van der Waals surface area contributed by atoms with E-state index < -0.39 is 0 Å². The lowest BCUT2D eigenvalue weighted by Crippen LogP contribution is -2.21. The van der Waals surface area contributed by atoms with E-state index in [4.69, 9.17) is 10.5 Å². The Morgan fingerprint density at radius 1 is 1.19 bits per heavy atom. The van der Waals surface area contributed by atoms with Gasteiger partial charge in [-0.3, -0.25) is 0 Å². The summed E-state index contributed by atoms with van der Waals surface area (Å²) in [4.78, 5) is 0. The van der Waals surface area contributed by atoms with Crippen LogP contribution in [0.4, 0.5) is 4.39 Å². The van der Waals surface area contributed by atoms with Crippen molar-refractivity contribution in [2.75, 3.05) is 0 Å². The van der Waals surface area contributed by atoms with Gasteiger partial charge in [-0.1, -0.05) is 22.9 Å². The molecule has 0 heterocycles. The average molecular weight is 352 g/mol. The maximum Gasteiger partial charge on any atom is 0.130 e. The number of benzene rings is 2. The van der Waals surface area contributed by atoms with Crippen LogP contribution in [0.5, 0.6) is 11.5 Å². The van der Waals surface area contributed by atoms with Crippen LogP contribution in [0.3, 0.4) is 0 Å². The van der Waals surface area contributed by atoms with Gasteiger partial charge in [0.2, 0.25) is 0 Å². The topological polar surface area (TPSA) is 35.2 Å². The average Bonchev–Trinajstić information content (AvgIpc) is 2.44. The van der Waals surface area contributed by atoms with Crippen LogP contribution in [0.1, 0.15) is 24.5 Å². The second kappa shape index (κ2) is 7.05. The highest BCUT2D eigenvalue weighted by atomic mass is 79.9. The normalized spacial score (nSPS) is 12.2. The summed E-state index contributed by atoms with van der Waals surface area (Å²) in [5.74, 6) is 1.16. The minimum atomic E-state index is -0.260. The predicted molar refractivity (Wildman–Crippen MR) is 87.3 cm³/mol. The second-order valence-electron chi connectivity index (χ2n) is 5.14. The zero-order valence-corrected chi connectivity index (χ0v) is 13.8. The van der Waals surface area contributed by atoms with E-state index in [1.807, 2.05) is 25.1 Å². The van der Waals surface area contributed by atoms with E-state index in [9.17, 15) is 4.39 Å². The van der Waals surface area contributed by atoms with Crippen molar-refractivity contribution in [1.29, 1.82) is 0 Å². The molecule has 0 saturated heterocycles. The maximum atomic E-state index is 13.2. The van der Waals surface area contributed by atoms with E-state index in [1.54, 1.807) is 6.07 Å². The van der Waals surface area contributed by atoms with Gasteiger partial charge in [0.1, 0.15) is 17.3 Å². The number of aryl methyl sites for hydroxylation is 1. The fraction of sp³-hybridized carbons (Fsp3) is 0.294. The van der Waals surface area contributed by atoms with Crippen LogP contribution in [0.25, 0.3) is 0 Å². The molecule has 0 aromatic heterocycles. The van der Waals surface area contributed by atoms with Crippen molar-refractivity contribution < 1.29 is 9.13 Å². The minimum absolute atomic E-state index is 0.0935. The van der Waals surface area contributed by atoms with Crippen LogP contribution < -0.4 is 10.5 Å². The van der Waals surface area contributed by atoms with Gasteiger partial charge in [0.05, 0.1) is 0 Å². The SMILES string of the molecule is CCC(N)Cc1cc(Br)ccc1Oc1ccc(F)cc1C. The smallest absolute Gasteiger partial charge is 0.130 e. The molecular formula is C17H19BrFNO. The highest BCUT2D eigenvalue weighted by molar-refractivity contribution is 9.10. The van der Waals surface area contributed by atoms with Crippen molar-refractivity contribution in [2.24, 2.45) is 5.73 Å². The Balaban J connectivity index is 2.30. The van der Waals surface area contributed by atoms with E-state index >= 15 is 0 Å². The molecule has 1 unspecified atom stereocenters. The van der Waals surface area contributed by atoms with Gasteiger partial charge in [-0.05, 0) is 67.3 Å². The summed E-state index contributed by atoms with van der Waals surface area (Å²) in [5, 5.41) is 0. The molecule has 0 amide bonds. The Morgan fingerprint density at radius 2 is 1.90 bits per heavy atom. The van der Waals surface area contributed by atoms with Crippen molar-refractivity contribution in [3.05, 3.63) is 57.8 Å². The third-order valence-corrected chi connectivity index (χ3v) is 3.88. The van der Waals surface area contributed by atoms with Gasteiger partial charge in [0.25, 0.3) is 0 Å². The summed E-state index contributed by atoms with van der Waals surface area (Å²) < 4.78 is 20.1. The van der Waals surface area contributed by atoms with E-state index in [2.05, 4.69) is 22.9 Å². The third-order valence-electron chi connectivity index (χ3n) is 3.39. The largest absolute Gasteiger partial charge is 0.457 e. The first kappa shape index (κ1) is 16.0. The standard InChI is InChI=1S/C17H19BrFNO/c1-3-15(20)10-12-9-13(18)4-6-17(12)21-16-7-5-14(19)8-11(16)2/h4-9,15H,3,10,20H2,1-2H3. The Kier molecular flexibility index (Phi) is 5.37. The van der Waals surface area contributed by atoms with Gasteiger partial charge in [-0.15, -0.1) is 0 Å². The quantitative estimate of drug-likeness (QED) is 0.825. The third kappa shape index (κ3) is 4.29. The molecule has 0 aliphatic heterocycles. The first-order valence-corrected chi connectivity index (χ1v) is 7.77. The molecule has 0 saturated carbocycles. The number of halogens is 2. The summed E-state index contributed by atoms with van der Waals surface area (Å²) >= 11 is 3.47. The predicted octanol–water partition coefficient (Wildman–Crippen LogP) is 4.97. The molecule has 0 aliphatic rings.